The maximum absolute atomic E-state index is 10.7. The number of carbonyl (C=O) groups is 2. The molecule has 1 N–H and O–H groups in total. The molecule has 0 aliphatic heterocycles. The van der Waals surface area contributed by atoms with E-state index < -0.39 is 24.0 Å². The van der Waals surface area contributed by atoms with Gasteiger partial charge in [-0.25, -0.2) is 9.97 Å². The molecule has 0 aliphatic rings. The summed E-state index contributed by atoms with van der Waals surface area (Å²) in [7, 11) is 0. The van der Waals surface area contributed by atoms with Gasteiger partial charge >= 0.3 is 12.1 Å². The molecule has 134 valence electrons. The van der Waals surface area contributed by atoms with E-state index in [1.807, 2.05) is 6.07 Å². The van der Waals surface area contributed by atoms with Crippen molar-refractivity contribution < 1.29 is 37.7 Å². The molecule has 8 nitrogen and oxygen atoms in total. The van der Waals surface area contributed by atoms with Gasteiger partial charge in [0, 0.05) is 24.0 Å². The van der Waals surface area contributed by atoms with Gasteiger partial charge < -0.3 is 15.0 Å². The number of aliphatic carboxylic acids is 2. The second-order valence-electron chi connectivity index (χ2n) is 4.73. The summed E-state index contributed by atoms with van der Waals surface area (Å²) in [4.78, 5) is 27.7. The number of carbonyl (C=O) groups excluding carboxylic acids is 1. The van der Waals surface area contributed by atoms with Gasteiger partial charge in [0.1, 0.15) is 18.1 Å². The van der Waals surface area contributed by atoms with Gasteiger partial charge in [0.15, 0.2) is 18.6 Å². The Balaban J connectivity index is 0.000000381. The van der Waals surface area contributed by atoms with Gasteiger partial charge in [-0.1, -0.05) is 4.68 Å². The molecule has 0 amide bonds. The number of carboxylic acids is 2. The summed E-state index contributed by atoms with van der Waals surface area (Å²) in [6.07, 6.45) is 1.49. The Morgan fingerprint density at radius 3 is 2.28 bits per heavy atom. The zero-order valence-corrected chi connectivity index (χ0v) is 12.8. The topological polar surface area (TPSA) is 120 Å². The van der Waals surface area contributed by atoms with Crippen LogP contribution in [0.4, 0.5) is 13.2 Å². The highest BCUT2D eigenvalue weighted by Crippen LogP contribution is 2.11. The van der Waals surface area contributed by atoms with Crippen molar-refractivity contribution in [3.63, 3.8) is 0 Å². The fourth-order valence-electron chi connectivity index (χ4n) is 1.43. The predicted octanol–water partition coefficient (Wildman–Crippen LogP) is -0.155. The number of nitrogens with zero attached hydrogens (tertiary/aromatic N) is 4. The van der Waals surface area contributed by atoms with Crippen LogP contribution in [0.5, 0.6) is 0 Å². The van der Waals surface area contributed by atoms with Gasteiger partial charge in [0.2, 0.25) is 0 Å². The number of rotatable bonds is 4. The normalized spacial score (nSPS) is 11.8. The van der Waals surface area contributed by atoms with E-state index in [4.69, 9.17) is 15.0 Å². The van der Waals surface area contributed by atoms with Crippen LogP contribution >= 0.6 is 0 Å². The first-order chi connectivity index (χ1) is 11.6. The summed E-state index contributed by atoms with van der Waals surface area (Å²) in [5.74, 6) is -3.71. The van der Waals surface area contributed by atoms with Crippen molar-refractivity contribution in [3.8, 4) is 11.4 Å². The molecule has 0 spiro atoms. The van der Waals surface area contributed by atoms with Crippen molar-refractivity contribution in [1.29, 1.82) is 0 Å². The average Bonchev–Trinajstić information content (AvgIpc) is 2.56. The van der Waals surface area contributed by atoms with Crippen LogP contribution in [-0.4, -0.2) is 38.3 Å². The Morgan fingerprint density at radius 1 is 1.32 bits per heavy atom. The smallest absolute Gasteiger partial charge is 0.430 e. The molecule has 1 atom stereocenters. The minimum atomic E-state index is -5.19. The average molecular weight is 358 g/mol. The number of hydrogen-bond acceptors (Lipinski definition) is 6. The summed E-state index contributed by atoms with van der Waals surface area (Å²) < 4.78 is 33.1. The molecule has 0 aliphatic carbocycles. The standard InChI is InChI=1S/C12H12N4O2.C2HF3O2/c1-9(12(17)18)8-16-6-3-10(7-15-16)11-13-4-2-5-14-11;3-2(4,5)1(6)7/h2-7,9H,8H2,1H3;(H,6,7). The summed E-state index contributed by atoms with van der Waals surface area (Å²) >= 11 is 0. The van der Waals surface area contributed by atoms with E-state index >= 15 is 0 Å². The summed E-state index contributed by atoms with van der Waals surface area (Å²) in [6.45, 7) is 1.98. The Hall–Kier alpha value is -3.11. The Morgan fingerprint density at radius 2 is 1.88 bits per heavy atom. The lowest BCUT2D eigenvalue weighted by Crippen LogP contribution is -2.42. The third-order valence-corrected chi connectivity index (χ3v) is 2.71. The molecule has 0 saturated carbocycles. The van der Waals surface area contributed by atoms with Gasteiger partial charge in [-0.3, -0.25) is 4.79 Å². The highest BCUT2D eigenvalue weighted by Gasteiger charge is 2.28. The van der Waals surface area contributed by atoms with E-state index in [1.165, 1.54) is 0 Å². The minimum absolute atomic E-state index is 0.339. The van der Waals surface area contributed by atoms with Gasteiger partial charge in [-0.15, -0.1) is 0 Å². The van der Waals surface area contributed by atoms with E-state index in [0.717, 1.165) is 5.56 Å². The highest BCUT2D eigenvalue weighted by molar-refractivity contribution is 5.70. The molecule has 11 heteroatoms. The predicted molar refractivity (Wildman–Crippen MR) is 73.3 cm³/mol. The number of hydrogen-bond donors (Lipinski definition) is 1. The van der Waals surface area contributed by atoms with Crippen LogP contribution in [0.25, 0.3) is 11.4 Å². The Kier molecular flexibility index (Phi) is 6.91. The lowest BCUT2D eigenvalue weighted by atomic mass is 10.2. The third kappa shape index (κ3) is 6.89. The molecule has 1 unspecified atom stereocenters. The molecule has 0 bridgehead atoms. The van der Waals surface area contributed by atoms with E-state index in [0.29, 0.717) is 12.4 Å². The van der Waals surface area contributed by atoms with Gasteiger partial charge in [0.05, 0.1) is 0 Å². The Labute approximate surface area is 139 Å². The quantitative estimate of drug-likeness (QED) is 0.754. The van der Waals surface area contributed by atoms with Crippen LogP contribution in [0.3, 0.4) is 0 Å². The SMILES string of the molecule is CC(C[n+]1ccc(-c2ncccn2)cn1)C(=O)O.O=C([O-])C(F)(F)F. The van der Waals surface area contributed by atoms with Crippen molar-refractivity contribution >= 4 is 11.9 Å². The van der Waals surface area contributed by atoms with Gasteiger partial charge in [-0.2, -0.15) is 13.2 Å². The van der Waals surface area contributed by atoms with Gasteiger partial charge in [0.25, 0.3) is 0 Å². The van der Waals surface area contributed by atoms with Gasteiger partial charge in [-0.05, 0) is 18.1 Å². The maximum Gasteiger partial charge on any atom is 0.430 e. The fourth-order valence-corrected chi connectivity index (χ4v) is 1.43. The molecular formula is C14H13F3N4O4. The second-order valence-corrected chi connectivity index (χ2v) is 4.73. The summed E-state index contributed by atoms with van der Waals surface area (Å²) in [6, 6.07) is 3.56. The molecule has 0 radical (unpaired) electrons. The second kappa shape index (κ2) is 8.66. The zero-order valence-electron chi connectivity index (χ0n) is 12.8. The van der Waals surface area contributed by atoms with Crippen molar-refractivity contribution in [2.24, 2.45) is 5.92 Å². The van der Waals surface area contributed by atoms with Crippen molar-refractivity contribution in [3.05, 3.63) is 36.9 Å². The zero-order chi connectivity index (χ0) is 19.0. The minimum Gasteiger partial charge on any atom is -0.542 e. The summed E-state index contributed by atoms with van der Waals surface area (Å²) in [5.41, 5.74) is 0.801. The lowest BCUT2D eigenvalue weighted by molar-refractivity contribution is -0.757. The number of alkyl halides is 3. The van der Waals surface area contributed by atoms with Crippen LogP contribution in [0, 0.1) is 5.92 Å². The lowest BCUT2D eigenvalue weighted by Gasteiger charge is -2.03. The molecule has 0 aromatic carbocycles. The highest BCUT2D eigenvalue weighted by atomic mass is 19.4. The maximum atomic E-state index is 10.7. The molecule has 2 aromatic rings. The first kappa shape index (κ1) is 19.9. The van der Waals surface area contributed by atoms with Crippen LogP contribution in [0.2, 0.25) is 0 Å². The molecular weight excluding hydrogens is 345 g/mol. The fraction of sp³-hybridized carbons (Fsp3) is 0.286. The van der Waals surface area contributed by atoms with E-state index in [-0.39, 0.29) is 0 Å². The number of carboxylic acid groups (broad SMARTS) is 2. The van der Waals surface area contributed by atoms with Crippen molar-refractivity contribution in [2.75, 3.05) is 0 Å². The molecule has 25 heavy (non-hydrogen) atoms. The van der Waals surface area contributed by atoms with Crippen LogP contribution < -0.4 is 9.79 Å². The summed E-state index contributed by atoms with van der Waals surface area (Å²) in [5, 5.41) is 21.8. The molecule has 0 fully saturated rings. The first-order valence-corrected chi connectivity index (χ1v) is 6.75. The molecule has 2 rings (SSSR count). The van der Waals surface area contributed by atoms with E-state index in [9.17, 15) is 18.0 Å². The first-order valence-electron chi connectivity index (χ1n) is 6.75. The van der Waals surface area contributed by atoms with Crippen LogP contribution in [0.15, 0.2) is 36.9 Å². The monoisotopic (exact) mass is 358 g/mol. The Bertz CT molecular complexity index is 708. The number of halogens is 3. The van der Waals surface area contributed by atoms with E-state index in [1.54, 1.807) is 42.5 Å². The van der Waals surface area contributed by atoms with E-state index in [2.05, 4.69) is 15.1 Å². The van der Waals surface area contributed by atoms with Crippen molar-refractivity contribution in [2.45, 2.75) is 19.6 Å². The van der Waals surface area contributed by atoms with Crippen LogP contribution in [-0.2, 0) is 16.1 Å². The molecule has 0 saturated heterocycles. The largest absolute Gasteiger partial charge is 0.542 e. The molecule has 2 aromatic heterocycles. The van der Waals surface area contributed by atoms with Crippen LogP contribution in [0.1, 0.15) is 6.92 Å². The molecule has 2 heterocycles. The third-order valence-electron chi connectivity index (χ3n) is 2.71. The van der Waals surface area contributed by atoms with Crippen molar-refractivity contribution in [1.82, 2.24) is 15.1 Å². The number of aromatic nitrogens is 4.